The minimum Gasteiger partial charge on any atom is -0.347 e. The van der Waals surface area contributed by atoms with Crippen LogP contribution in [0, 0.1) is 0 Å². The molecule has 3 heteroatoms. The third-order valence-electron chi connectivity index (χ3n) is 2.03. The van der Waals surface area contributed by atoms with Crippen LogP contribution in [0.4, 0.5) is 0 Å². The predicted molar refractivity (Wildman–Crippen MR) is 52.4 cm³/mol. The van der Waals surface area contributed by atoms with Crippen LogP contribution in [0.2, 0.25) is 0 Å². The van der Waals surface area contributed by atoms with Crippen molar-refractivity contribution in [2.24, 2.45) is 0 Å². The molecule has 0 aromatic rings. The van der Waals surface area contributed by atoms with E-state index in [9.17, 15) is 0 Å². The summed E-state index contributed by atoms with van der Waals surface area (Å²) in [6.07, 6.45) is 0. The van der Waals surface area contributed by atoms with Gasteiger partial charge in [-0.05, 0) is 20.8 Å². The topological polar surface area (TPSA) is 18.5 Å². The molecule has 0 saturated carbocycles. The lowest BCUT2D eigenvalue weighted by Gasteiger charge is -2.33. The van der Waals surface area contributed by atoms with Crippen molar-refractivity contribution in [2.45, 2.75) is 32.2 Å². The largest absolute Gasteiger partial charge is 0.347 e. The van der Waals surface area contributed by atoms with Gasteiger partial charge in [0.05, 0.1) is 27.7 Å². The van der Waals surface area contributed by atoms with Crippen molar-refractivity contribution in [3.8, 4) is 0 Å². The van der Waals surface area contributed by atoms with E-state index in [4.69, 9.17) is 9.47 Å². The van der Waals surface area contributed by atoms with Gasteiger partial charge in [-0.2, -0.15) is 0 Å². The van der Waals surface area contributed by atoms with Gasteiger partial charge < -0.3 is 14.0 Å². The van der Waals surface area contributed by atoms with Crippen LogP contribution in [0.5, 0.6) is 0 Å². The van der Waals surface area contributed by atoms with Crippen LogP contribution in [-0.4, -0.2) is 50.2 Å². The molecule has 0 amide bonds. The standard InChI is InChI=1S/C10H22NO2/c1-9(2)12-8-10(3,13-9)7-11(4,5)6/h7-8H2,1-6H3/q+1/t10-/m0/s1. The Balaban J connectivity index is 2.60. The summed E-state index contributed by atoms with van der Waals surface area (Å²) in [4.78, 5) is 0. The first kappa shape index (κ1) is 11.0. The van der Waals surface area contributed by atoms with E-state index in [1.807, 2.05) is 13.8 Å². The molecular weight excluding hydrogens is 166 g/mol. The smallest absolute Gasteiger partial charge is 0.164 e. The van der Waals surface area contributed by atoms with Crippen LogP contribution in [0.25, 0.3) is 0 Å². The third-order valence-corrected chi connectivity index (χ3v) is 2.03. The van der Waals surface area contributed by atoms with Crippen molar-refractivity contribution in [2.75, 3.05) is 34.3 Å². The summed E-state index contributed by atoms with van der Waals surface area (Å²) in [7, 11) is 6.50. The molecule has 0 N–H and O–H groups in total. The van der Waals surface area contributed by atoms with Gasteiger partial charge in [0.25, 0.3) is 0 Å². The lowest BCUT2D eigenvalue weighted by molar-refractivity contribution is -0.876. The quantitative estimate of drug-likeness (QED) is 0.607. The zero-order valence-corrected chi connectivity index (χ0v) is 9.68. The Morgan fingerprint density at radius 2 is 1.69 bits per heavy atom. The molecule has 0 aliphatic carbocycles. The van der Waals surface area contributed by atoms with Crippen molar-refractivity contribution in [1.82, 2.24) is 0 Å². The van der Waals surface area contributed by atoms with Crippen molar-refractivity contribution in [1.29, 1.82) is 0 Å². The summed E-state index contributed by atoms with van der Waals surface area (Å²) in [5.74, 6) is -0.413. The first-order valence-corrected chi connectivity index (χ1v) is 4.77. The predicted octanol–water partition coefficient (Wildman–Crippen LogP) is 1.23. The van der Waals surface area contributed by atoms with Crippen molar-refractivity contribution in [3.05, 3.63) is 0 Å². The Morgan fingerprint density at radius 3 is 2.00 bits per heavy atom. The van der Waals surface area contributed by atoms with Gasteiger partial charge in [0, 0.05) is 0 Å². The molecule has 0 spiro atoms. The molecule has 1 fully saturated rings. The molecule has 1 heterocycles. The van der Waals surface area contributed by atoms with Crippen LogP contribution in [0.15, 0.2) is 0 Å². The molecular formula is C10H22NO2+. The number of hydrogen-bond donors (Lipinski definition) is 0. The average molecular weight is 188 g/mol. The molecule has 1 aliphatic heterocycles. The zero-order chi connectivity index (χ0) is 10.3. The van der Waals surface area contributed by atoms with Crippen molar-refractivity contribution < 1.29 is 14.0 Å². The van der Waals surface area contributed by atoms with Gasteiger partial charge in [-0.1, -0.05) is 0 Å². The molecule has 0 radical (unpaired) electrons. The average Bonchev–Trinajstić information content (AvgIpc) is 2.00. The Morgan fingerprint density at radius 1 is 1.15 bits per heavy atom. The molecule has 0 aromatic carbocycles. The van der Waals surface area contributed by atoms with Crippen molar-refractivity contribution in [3.63, 3.8) is 0 Å². The van der Waals surface area contributed by atoms with E-state index >= 15 is 0 Å². The second-order valence-electron chi connectivity index (χ2n) is 5.69. The van der Waals surface area contributed by atoms with E-state index in [0.717, 1.165) is 11.0 Å². The Bertz CT molecular complexity index is 196. The molecule has 13 heavy (non-hydrogen) atoms. The summed E-state index contributed by atoms with van der Waals surface area (Å²) >= 11 is 0. The van der Waals surface area contributed by atoms with E-state index < -0.39 is 5.79 Å². The lowest BCUT2D eigenvalue weighted by atomic mass is 10.1. The summed E-state index contributed by atoms with van der Waals surface area (Å²) in [5.41, 5.74) is -0.137. The highest BCUT2D eigenvalue weighted by molar-refractivity contribution is 4.83. The fourth-order valence-electron chi connectivity index (χ4n) is 2.06. The minimum atomic E-state index is -0.413. The molecule has 0 aromatic heterocycles. The maximum absolute atomic E-state index is 5.87. The van der Waals surface area contributed by atoms with Crippen LogP contribution in [0.3, 0.4) is 0 Å². The molecule has 1 aliphatic rings. The van der Waals surface area contributed by atoms with Gasteiger partial charge in [0.15, 0.2) is 5.79 Å². The number of nitrogens with zero attached hydrogens (tertiary/aromatic N) is 1. The number of ether oxygens (including phenoxy) is 2. The van der Waals surface area contributed by atoms with E-state index in [-0.39, 0.29) is 5.60 Å². The summed E-state index contributed by atoms with van der Waals surface area (Å²) in [5, 5.41) is 0. The lowest BCUT2D eigenvalue weighted by Crippen LogP contribution is -2.49. The van der Waals surface area contributed by atoms with Gasteiger partial charge >= 0.3 is 0 Å². The molecule has 1 saturated heterocycles. The molecule has 1 atom stereocenters. The first-order valence-electron chi connectivity index (χ1n) is 4.77. The monoisotopic (exact) mass is 188 g/mol. The first-order chi connectivity index (χ1) is 5.62. The van der Waals surface area contributed by atoms with E-state index in [0.29, 0.717) is 6.61 Å². The maximum Gasteiger partial charge on any atom is 0.164 e. The highest BCUT2D eigenvalue weighted by Crippen LogP contribution is 2.31. The van der Waals surface area contributed by atoms with Crippen LogP contribution in [0.1, 0.15) is 20.8 Å². The highest BCUT2D eigenvalue weighted by Gasteiger charge is 2.45. The van der Waals surface area contributed by atoms with Crippen LogP contribution in [-0.2, 0) is 9.47 Å². The van der Waals surface area contributed by atoms with E-state index in [2.05, 4.69) is 28.1 Å². The normalized spacial score (nSPS) is 33.7. The van der Waals surface area contributed by atoms with Crippen molar-refractivity contribution >= 4 is 0 Å². The van der Waals surface area contributed by atoms with Gasteiger partial charge in [0.2, 0.25) is 0 Å². The van der Waals surface area contributed by atoms with Crippen LogP contribution >= 0.6 is 0 Å². The Kier molecular flexibility index (Phi) is 2.48. The molecule has 0 unspecified atom stereocenters. The van der Waals surface area contributed by atoms with Gasteiger partial charge in [-0.3, -0.25) is 0 Å². The van der Waals surface area contributed by atoms with Crippen LogP contribution < -0.4 is 0 Å². The Hall–Kier alpha value is -0.120. The second-order valence-corrected chi connectivity index (χ2v) is 5.69. The van der Waals surface area contributed by atoms with E-state index in [1.165, 1.54) is 0 Å². The number of rotatable bonds is 2. The van der Waals surface area contributed by atoms with Gasteiger partial charge in [0.1, 0.15) is 12.1 Å². The molecule has 1 rings (SSSR count). The number of hydrogen-bond acceptors (Lipinski definition) is 2. The number of likely N-dealkylation sites (N-methyl/N-ethyl adjacent to an activating group) is 1. The molecule has 78 valence electrons. The highest BCUT2D eigenvalue weighted by atomic mass is 16.8. The summed E-state index contributed by atoms with van der Waals surface area (Å²) < 4.78 is 12.3. The summed E-state index contributed by atoms with van der Waals surface area (Å²) in [6.45, 7) is 7.71. The second kappa shape index (κ2) is 2.94. The fraction of sp³-hybridized carbons (Fsp3) is 1.00. The zero-order valence-electron chi connectivity index (χ0n) is 9.68. The number of quaternary nitrogens is 1. The third kappa shape index (κ3) is 3.25. The maximum atomic E-state index is 5.87. The summed E-state index contributed by atoms with van der Waals surface area (Å²) in [6, 6.07) is 0. The van der Waals surface area contributed by atoms with Gasteiger partial charge in [-0.15, -0.1) is 0 Å². The molecule has 0 bridgehead atoms. The fourth-order valence-corrected chi connectivity index (χ4v) is 2.06. The Labute approximate surface area is 81.2 Å². The molecule has 3 nitrogen and oxygen atoms in total. The van der Waals surface area contributed by atoms with E-state index in [1.54, 1.807) is 0 Å². The SMILES string of the molecule is CC1(C)OC[C@](C)(C[N+](C)(C)C)O1. The van der Waals surface area contributed by atoms with Gasteiger partial charge in [-0.25, -0.2) is 0 Å². The minimum absolute atomic E-state index is 0.137.